The van der Waals surface area contributed by atoms with Crippen LogP contribution in [0.3, 0.4) is 0 Å². The van der Waals surface area contributed by atoms with E-state index < -0.39 is 37.8 Å². The van der Waals surface area contributed by atoms with Gasteiger partial charge in [0.25, 0.3) is 0 Å². The Kier molecular flexibility index (Phi) is 10.6. The Hall–Kier alpha value is -1.91. The number of cyclic esters (lactones) is 1. The summed E-state index contributed by atoms with van der Waals surface area (Å²) in [6.45, 7) is 24.8. The number of rotatable bonds is 5. The smallest absolute Gasteiger partial charge is 0.309 e. The van der Waals surface area contributed by atoms with E-state index in [2.05, 4.69) is 59.3 Å². The molecule has 0 saturated carbocycles. The van der Waals surface area contributed by atoms with Crippen molar-refractivity contribution in [3.8, 4) is 0 Å². The van der Waals surface area contributed by atoms with E-state index in [0.717, 1.165) is 40.1 Å². The Morgan fingerprint density at radius 1 is 1.22 bits per heavy atom. The number of carbonyl (C=O) groups is 2. The summed E-state index contributed by atoms with van der Waals surface area (Å²) in [6, 6.07) is 6.00. The Labute approximate surface area is 275 Å². The van der Waals surface area contributed by atoms with Crippen molar-refractivity contribution >= 4 is 41.6 Å². The second kappa shape index (κ2) is 13.3. The summed E-state index contributed by atoms with van der Waals surface area (Å²) in [6.07, 6.45) is 2.94. The van der Waals surface area contributed by atoms with E-state index in [9.17, 15) is 14.7 Å². The highest BCUT2D eigenvalue weighted by Gasteiger charge is 2.53. The molecule has 0 bridgehead atoms. The fourth-order valence-electron chi connectivity index (χ4n) is 6.40. The van der Waals surface area contributed by atoms with Crippen molar-refractivity contribution in [1.29, 1.82) is 0 Å². The Bertz CT molecular complexity index is 1400. The molecule has 0 spiro atoms. The lowest BCUT2D eigenvalue weighted by Crippen LogP contribution is -2.52. The van der Waals surface area contributed by atoms with Crippen molar-refractivity contribution in [2.75, 3.05) is 0 Å². The van der Waals surface area contributed by atoms with Gasteiger partial charge in [-0.15, -0.1) is 17.9 Å². The van der Waals surface area contributed by atoms with Crippen LogP contribution in [0, 0.1) is 24.2 Å². The lowest BCUT2D eigenvalue weighted by molar-refractivity contribution is -0.156. The number of aliphatic hydroxyl groups is 1. The number of Topliss-reactive ketones (excluding diaryl/α,β-unsaturated/α-hetero) is 1. The molecule has 45 heavy (non-hydrogen) atoms. The average Bonchev–Trinajstić information content (AvgIpc) is 3.40. The molecule has 250 valence electrons. The summed E-state index contributed by atoms with van der Waals surface area (Å²) in [5.41, 5.74) is 0.219. The first kappa shape index (κ1) is 35.9. The molecule has 1 aromatic heterocycles. The van der Waals surface area contributed by atoms with Crippen LogP contribution < -0.4 is 0 Å². The van der Waals surface area contributed by atoms with Crippen LogP contribution in [0.25, 0.3) is 10.2 Å². The summed E-state index contributed by atoms with van der Waals surface area (Å²) in [5, 5.41) is 12.4. The molecule has 4 rings (SSSR count). The predicted octanol–water partition coefficient (Wildman–Crippen LogP) is 8.49. The number of benzene rings is 1. The van der Waals surface area contributed by atoms with Gasteiger partial charge in [0, 0.05) is 12.3 Å². The quantitative estimate of drug-likeness (QED) is 0.149. The van der Waals surface area contributed by atoms with Crippen LogP contribution in [-0.2, 0) is 23.5 Å². The predicted molar refractivity (Wildman–Crippen MR) is 184 cm³/mol. The van der Waals surface area contributed by atoms with Crippen LogP contribution in [0.5, 0.6) is 0 Å². The maximum Gasteiger partial charge on any atom is 0.309 e. The van der Waals surface area contributed by atoms with Gasteiger partial charge in [-0.3, -0.25) is 9.59 Å². The number of ketones is 1. The largest absolute Gasteiger partial charge is 0.457 e. The zero-order chi connectivity index (χ0) is 33.5. The zero-order valence-electron chi connectivity index (χ0n) is 29.1. The number of carbonyl (C=O) groups excluding carboxylic acids is 2. The number of thiazole rings is 1. The monoisotopic (exact) mass is 657 g/mol. The fraction of sp³-hybridized carbons (Fsp3) is 0.694. The number of epoxide rings is 1. The third-order valence-corrected chi connectivity index (χ3v) is 16.2. The highest BCUT2D eigenvalue weighted by Crippen LogP contribution is 2.48. The number of esters is 1. The molecule has 7 atom stereocenters. The fourth-order valence-corrected chi connectivity index (χ4v) is 8.64. The van der Waals surface area contributed by atoms with Crippen LogP contribution in [0.1, 0.15) is 104 Å². The molecular weight excluding hydrogens is 603 g/mol. The van der Waals surface area contributed by atoms with Gasteiger partial charge in [0.15, 0.2) is 8.32 Å². The standard InChI is InChI=1S/C36H55NO6SSi/c1-12-14-25-32(43-45(10,11)34(4,5)6)22(2)15-13-18-36(9)30(42-36)20-27(24-16-17-28-26(19-24)37-23(3)44-28)41-31(39)21-29(38)35(7,8)33(25)40/h12,16-17,19,22,25,27,29-30,32,38H,1,13-15,18,20-21H2,2-11H3/t22-,25+,27-,29-,30-,32?,36+/m0/s1. The van der Waals surface area contributed by atoms with Gasteiger partial charge in [-0.1, -0.05) is 60.1 Å². The zero-order valence-corrected chi connectivity index (χ0v) is 30.9. The minimum Gasteiger partial charge on any atom is -0.457 e. The van der Waals surface area contributed by atoms with Gasteiger partial charge in [-0.05, 0) is 74.9 Å². The lowest BCUT2D eigenvalue weighted by atomic mass is 9.71. The molecule has 3 heterocycles. The van der Waals surface area contributed by atoms with Crippen molar-refractivity contribution in [3.63, 3.8) is 0 Å². The number of aromatic nitrogens is 1. The molecule has 7 nitrogen and oxygen atoms in total. The number of hydrogen-bond donors (Lipinski definition) is 1. The van der Waals surface area contributed by atoms with Gasteiger partial charge in [0.1, 0.15) is 11.9 Å². The first-order valence-electron chi connectivity index (χ1n) is 16.5. The van der Waals surface area contributed by atoms with Crippen LogP contribution in [0.15, 0.2) is 30.9 Å². The minimum absolute atomic E-state index is 0.0372. The van der Waals surface area contributed by atoms with E-state index in [0.29, 0.717) is 12.8 Å². The first-order chi connectivity index (χ1) is 20.8. The molecule has 0 amide bonds. The van der Waals surface area contributed by atoms with Gasteiger partial charge in [-0.25, -0.2) is 4.98 Å². The second-order valence-electron chi connectivity index (χ2n) is 15.7. The molecule has 2 aliphatic rings. The number of hydrogen-bond acceptors (Lipinski definition) is 8. The highest BCUT2D eigenvalue weighted by molar-refractivity contribution is 7.18. The molecule has 1 N–H and O–H groups in total. The topological polar surface area (TPSA) is 98.2 Å². The number of aryl methyl sites for hydroxylation is 1. The number of aliphatic hydroxyl groups excluding tert-OH is 1. The normalized spacial score (nSPS) is 32.2. The molecule has 2 aromatic rings. The molecule has 1 aromatic carbocycles. The number of fused-ring (bicyclic) bond motifs is 2. The SMILES string of the molecule is C=CC[C@H]1C(=O)C(C)(C)[C@@H](O)CC(=O)O[C@H](c2ccc3sc(C)nc3c2)C[C@@H]2O[C@]2(C)CCC[C@H](C)C1O[Si](C)(C)C(C)(C)C. The van der Waals surface area contributed by atoms with Crippen molar-refractivity contribution in [3.05, 3.63) is 41.4 Å². The van der Waals surface area contributed by atoms with Gasteiger partial charge in [-0.2, -0.15) is 0 Å². The molecule has 0 aliphatic carbocycles. The second-order valence-corrected chi connectivity index (χ2v) is 21.7. The molecule has 9 heteroatoms. The first-order valence-corrected chi connectivity index (χ1v) is 20.3. The highest BCUT2D eigenvalue weighted by atomic mass is 32.1. The third-order valence-electron chi connectivity index (χ3n) is 10.7. The van der Waals surface area contributed by atoms with Crippen LogP contribution >= 0.6 is 11.3 Å². The van der Waals surface area contributed by atoms with E-state index in [4.69, 9.17) is 13.9 Å². The van der Waals surface area contributed by atoms with Crippen LogP contribution in [0.2, 0.25) is 18.1 Å². The van der Waals surface area contributed by atoms with E-state index >= 15 is 0 Å². The van der Waals surface area contributed by atoms with Gasteiger partial charge in [0.2, 0.25) is 0 Å². The summed E-state index contributed by atoms with van der Waals surface area (Å²) in [5.74, 6) is -1.05. The molecule has 2 fully saturated rings. The Morgan fingerprint density at radius 2 is 1.91 bits per heavy atom. The molecule has 0 radical (unpaired) electrons. The van der Waals surface area contributed by atoms with Gasteiger partial charge >= 0.3 is 5.97 Å². The van der Waals surface area contributed by atoms with Crippen LogP contribution in [0.4, 0.5) is 0 Å². The number of ether oxygens (including phenoxy) is 2. The average molecular weight is 658 g/mol. The van der Waals surface area contributed by atoms with Crippen molar-refractivity contribution in [1.82, 2.24) is 4.98 Å². The van der Waals surface area contributed by atoms with Crippen LogP contribution in [-0.4, -0.2) is 54.1 Å². The lowest BCUT2D eigenvalue weighted by Gasteiger charge is -2.44. The molecule has 1 unspecified atom stereocenters. The maximum atomic E-state index is 14.4. The Balaban J connectivity index is 1.68. The van der Waals surface area contributed by atoms with Crippen molar-refractivity contribution in [2.24, 2.45) is 17.3 Å². The van der Waals surface area contributed by atoms with E-state index in [1.807, 2.05) is 25.1 Å². The van der Waals surface area contributed by atoms with E-state index in [1.165, 1.54) is 0 Å². The van der Waals surface area contributed by atoms with Gasteiger partial charge in [0.05, 0.1) is 51.0 Å². The Morgan fingerprint density at radius 3 is 2.56 bits per heavy atom. The number of allylic oxidation sites excluding steroid dienone is 1. The minimum atomic E-state index is -2.26. The van der Waals surface area contributed by atoms with Crippen molar-refractivity contribution < 1.29 is 28.6 Å². The third kappa shape index (κ3) is 7.98. The van der Waals surface area contributed by atoms with Crippen molar-refractivity contribution in [2.45, 2.75) is 142 Å². The van der Waals surface area contributed by atoms with E-state index in [-0.39, 0.29) is 41.0 Å². The van der Waals surface area contributed by atoms with Gasteiger partial charge < -0.3 is 19.0 Å². The summed E-state index contributed by atoms with van der Waals surface area (Å²) < 4.78 is 20.5. The number of nitrogens with zero attached hydrogens (tertiary/aromatic N) is 1. The molecular formula is C36H55NO6SSi. The molecule has 2 saturated heterocycles. The molecule has 2 aliphatic heterocycles. The maximum absolute atomic E-state index is 14.4. The summed E-state index contributed by atoms with van der Waals surface area (Å²) in [7, 11) is -2.26. The van der Waals surface area contributed by atoms with E-state index in [1.54, 1.807) is 31.3 Å². The summed E-state index contributed by atoms with van der Waals surface area (Å²) in [4.78, 5) is 32.5. The summed E-state index contributed by atoms with van der Waals surface area (Å²) >= 11 is 1.63.